The van der Waals surface area contributed by atoms with Crippen molar-refractivity contribution in [1.82, 2.24) is 0 Å². The van der Waals surface area contributed by atoms with Crippen LogP contribution >= 0.6 is 0 Å². The highest BCUT2D eigenvalue weighted by atomic mass is 16.7. The fourth-order valence-electron chi connectivity index (χ4n) is 2.73. The Morgan fingerprint density at radius 1 is 1.50 bits per heavy atom. The molecule has 0 aromatic rings. The molecule has 0 bridgehead atoms. The molecule has 0 aliphatic carbocycles. The first-order valence-electron chi connectivity index (χ1n) is 6.40. The highest BCUT2D eigenvalue weighted by Gasteiger charge is 2.43. The monoisotopic (exact) mass is 230 g/mol. The highest BCUT2D eigenvalue weighted by Crippen LogP contribution is 2.41. The van der Waals surface area contributed by atoms with Gasteiger partial charge in [0.05, 0.1) is 5.60 Å². The molecule has 1 saturated heterocycles. The molecule has 0 amide bonds. The van der Waals surface area contributed by atoms with Crippen LogP contribution in [-0.2, 0) is 9.47 Å². The van der Waals surface area contributed by atoms with Crippen LogP contribution in [-0.4, -0.2) is 30.7 Å². The van der Waals surface area contributed by atoms with Crippen molar-refractivity contribution in [1.29, 1.82) is 0 Å². The van der Waals surface area contributed by atoms with E-state index in [2.05, 4.69) is 20.8 Å². The minimum absolute atomic E-state index is 0.0637. The van der Waals surface area contributed by atoms with Gasteiger partial charge in [-0.15, -0.1) is 0 Å². The maximum Gasteiger partial charge on any atom is 0.160 e. The Kier molecular flexibility index (Phi) is 5.22. The number of aliphatic hydroxyl groups excluding tert-OH is 1. The van der Waals surface area contributed by atoms with Crippen molar-refractivity contribution in [3.8, 4) is 0 Å². The number of methoxy groups -OCH3 is 1. The Bertz CT molecular complexity index is 189. The highest BCUT2D eigenvalue weighted by molar-refractivity contribution is 4.88. The number of hydrogen-bond donors (Lipinski definition) is 1. The predicted octanol–water partition coefficient (Wildman–Crippen LogP) is 2.57. The van der Waals surface area contributed by atoms with E-state index in [1.807, 2.05) is 0 Å². The summed E-state index contributed by atoms with van der Waals surface area (Å²) in [6.07, 6.45) is 3.99. The smallest absolute Gasteiger partial charge is 0.160 e. The van der Waals surface area contributed by atoms with E-state index in [1.165, 1.54) is 0 Å². The quantitative estimate of drug-likeness (QED) is 0.762. The molecule has 1 heterocycles. The molecule has 0 aromatic carbocycles. The van der Waals surface area contributed by atoms with Crippen LogP contribution in [0.4, 0.5) is 0 Å². The van der Waals surface area contributed by atoms with Gasteiger partial charge in [0.25, 0.3) is 0 Å². The lowest BCUT2D eigenvalue weighted by Gasteiger charge is -2.28. The Hall–Kier alpha value is -0.120. The van der Waals surface area contributed by atoms with Crippen LogP contribution in [0.3, 0.4) is 0 Å². The van der Waals surface area contributed by atoms with Gasteiger partial charge in [-0.1, -0.05) is 20.3 Å². The predicted molar refractivity (Wildman–Crippen MR) is 64.2 cm³/mol. The molecule has 16 heavy (non-hydrogen) atoms. The number of rotatable bonds is 6. The lowest BCUT2D eigenvalue weighted by molar-refractivity contribution is -0.166. The van der Waals surface area contributed by atoms with E-state index in [0.717, 1.165) is 25.7 Å². The maximum absolute atomic E-state index is 9.26. The number of hydrogen-bond acceptors (Lipinski definition) is 3. The van der Waals surface area contributed by atoms with Crippen molar-refractivity contribution in [2.45, 2.75) is 58.3 Å². The minimum Gasteiger partial charge on any atom is -0.396 e. The first-order valence-corrected chi connectivity index (χ1v) is 6.40. The summed E-state index contributed by atoms with van der Waals surface area (Å²) in [5.74, 6) is 0.837. The molecule has 3 nitrogen and oxygen atoms in total. The Labute approximate surface area is 99.1 Å². The zero-order valence-electron chi connectivity index (χ0n) is 11.0. The Morgan fingerprint density at radius 3 is 2.56 bits per heavy atom. The van der Waals surface area contributed by atoms with Gasteiger partial charge in [0.1, 0.15) is 0 Å². The summed E-state index contributed by atoms with van der Waals surface area (Å²) in [4.78, 5) is 0. The van der Waals surface area contributed by atoms with Gasteiger partial charge in [0.2, 0.25) is 0 Å². The van der Waals surface area contributed by atoms with E-state index >= 15 is 0 Å². The average Bonchev–Trinajstić information content (AvgIpc) is 2.63. The zero-order valence-corrected chi connectivity index (χ0v) is 11.0. The second-order valence-electron chi connectivity index (χ2n) is 5.21. The van der Waals surface area contributed by atoms with Gasteiger partial charge < -0.3 is 14.6 Å². The molecule has 0 radical (unpaired) electrons. The van der Waals surface area contributed by atoms with E-state index in [9.17, 15) is 5.11 Å². The van der Waals surface area contributed by atoms with Gasteiger partial charge in [0.15, 0.2) is 6.29 Å². The number of aliphatic hydroxyl groups is 1. The van der Waals surface area contributed by atoms with Crippen LogP contribution in [0.25, 0.3) is 0 Å². The first kappa shape index (κ1) is 13.9. The topological polar surface area (TPSA) is 38.7 Å². The van der Waals surface area contributed by atoms with E-state index < -0.39 is 0 Å². The second-order valence-corrected chi connectivity index (χ2v) is 5.21. The van der Waals surface area contributed by atoms with Crippen molar-refractivity contribution < 1.29 is 14.6 Å². The van der Waals surface area contributed by atoms with Crippen molar-refractivity contribution in [3.63, 3.8) is 0 Å². The lowest BCUT2D eigenvalue weighted by atomic mass is 9.85. The average molecular weight is 230 g/mol. The van der Waals surface area contributed by atoms with Gasteiger partial charge in [-0.05, 0) is 32.1 Å². The molecule has 1 aliphatic heterocycles. The largest absolute Gasteiger partial charge is 0.396 e. The molecule has 1 rings (SSSR count). The van der Waals surface area contributed by atoms with Gasteiger partial charge in [-0.25, -0.2) is 0 Å². The third kappa shape index (κ3) is 3.19. The van der Waals surface area contributed by atoms with Crippen LogP contribution in [0.2, 0.25) is 0 Å². The van der Waals surface area contributed by atoms with Crippen molar-refractivity contribution in [2.75, 3.05) is 13.7 Å². The van der Waals surface area contributed by atoms with Crippen LogP contribution in [0.15, 0.2) is 0 Å². The molecule has 0 unspecified atom stereocenters. The van der Waals surface area contributed by atoms with E-state index in [4.69, 9.17) is 9.47 Å². The van der Waals surface area contributed by atoms with Crippen LogP contribution in [0, 0.1) is 11.8 Å². The summed E-state index contributed by atoms with van der Waals surface area (Å²) in [5.41, 5.74) is -0.120. The minimum atomic E-state index is -0.120. The van der Waals surface area contributed by atoms with Crippen molar-refractivity contribution >= 4 is 0 Å². The van der Waals surface area contributed by atoms with E-state index in [1.54, 1.807) is 7.11 Å². The standard InChI is InChI=1S/C13H26O3/c1-5-10(9-14)7-13(3)8-11(6-2)12(15-4)16-13/h10-12,14H,5-9H2,1-4H3/t10-,11-,12+,13-/m1/s1. The molecule has 96 valence electrons. The normalized spacial score (nSPS) is 36.6. The van der Waals surface area contributed by atoms with Crippen LogP contribution in [0.1, 0.15) is 46.5 Å². The number of ether oxygens (including phenoxy) is 2. The molecular weight excluding hydrogens is 204 g/mol. The van der Waals surface area contributed by atoms with Gasteiger partial charge in [-0.3, -0.25) is 0 Å². The SMILES string of the molecule is CC[C@@H](CO)C[C@]1(C)C[C@@H](CC)[C@@H](OC)O1. The molecular formula is C13H26O3. The summed E-state index contributed by atoms with van der Waals surface area (Å²) in [7, 11) is 1.71. The second kappa shape index (κ2) is 5.99. The molecule has 0 aromatic heterocycles. The Balaban J connectivity index is 2.58. The molecule has 1 aliphatic rings. The van der Waals surface area contributed by atoms with Crippen LogP contribution < -0.4 is 0 Å². The lowest BCUT2D eigenvalue weighted by Crippen LogP contribution is -2.29. The molecule has 3 heteroatoms. The first-order chi connectivity index (χ1) is 7.58. The van der Waals surface area contributed by atoms with E-state index in [0.29, 0.717) is 11.8 Å². The molecule has 1 fully saturated rings. The third-order valence-electron chi connectivity index (χ3n) is 3.79. The van der Waals surface area contributed by atoms with Gasteiger partial charge >= 0.3 is 0 Å². The fourth-order valence-corrected chi connectivity index (χ4v) is 2.73. The molecule has 4 atom stereocenters. The third-order valence-corrected chi connectivity index (χ3v) is 3.79. The zero-order chi connectivity index (χ0) is 12.2. The summed E-state index contributed by atoms with van der Waals surface area (Å²) in [5, 5.41) is 9.26. The molecule has 0 saturated carbocycles. The molecule has 1 N–H and O–H groups in total. The fraction of sp³-hybridized carbons (Fsp3) is 1.00. The summed E-state index contributed by atoms with van der Waals surface area (Å²) in [6, 6.07) is 0. The molecule has 0 spiro atoms. The van der Waals surface area contributed by atoms with Crippen molar-refractivity contribution in [3.05, 3.63) is 0 Å². The summed E-state index contributed by atoms with van der Waals surface area (Å²) < 4.78 is 11.4. The maximum atomic E-state index is 9.26. The summed E-state index contributed by atoms with van der Waals surface area (Å²) >= 11 is 0. The van der Waals surface area contributed by atoms with E-state index in [-0.39, 0.29) is 18.5 Å². The Morgan fingerprint density at radius 2 is 2.19 bits per heavy atom. The van der Waals surface area contributed by atoms with Crippen molar-refractivity contribution in [2.24, 2.45) is 11.8 Å². The van der Waals surface area contributed by atoms with Gasteiger partial charge in [0, 0.05) is 19.6 Å². The van der Waals surface area contributed by atoms with Crippen LogP contribution in [0.5, 0.6) is 0 Å². The van der Waals surface area contributed by atoms with Gasteiger partial charge in [-0.2, -0.15) is 0 Å². The summed E-state index contributed by atoms with van der Waals surface area (Å²) in [6.45, 7) is 6.69.